The first-order chi connectivity index (χ1) is 27.6. The number of imidazole rings is 1. The molecule has 5 heterocycles. The van der Waals surface area contributed by atoms with Gasteiger partial charge in [0.2, 0.25) is 0 Å². The Kier molecular flexibility index (Phi) is 8.46. The zero-order valence-electron chi connectivity index (χ0n) is 31.2. The molecule has 0 saturated heterocycles. The van der Waals surface area contributed by atoms with Crippen molar-refractivity contribution in [2.75, 3.05) is 0 Å². The third kappa shape index (κ3) is 5.55. The molecule has 6 nitrogen and oxygen atoms in total. The fourth-order valence-corrected chi connectivity index (χ4v) is 8.46. The van der Waals surface area contributed by atoms with Gasteiger partial charge in [0.05, 0.1) is 11.0 Å². The second-order valence-electron chi connectivity index (χ2n) is 14.6. The van der Waals surface area contributed by atoms with Crippen molar-refractivity contribution in [3.63, 3.8) is 0 Å². The Balaban J connectivity index is 0.00000396. The monoisotopic (exact) mass is 913 g/mol. The number of aromatic nitrogens is 6. The standard InChI is InChI=1S/C50H34N6.Pt/c1-31(2)40-29-42-37-22-21-33(28-45(37)56(47-20-8-9-25-52-47)46(42)30-41(40)32-23-26-51-27-24-32)35-15-11-19-44-49(35)54-50(55(44)34-12-4-3-5-13-34)39-17-10-16-38-36-14-6-7-18-43(36)53-48(38)39;/h3-27,29-31H,1-2H3;/q-2;+2. The molecule has 0 aliphatic carbocycles. The molecule has 0 N–H and O–H groups in total. The van der Waals surface area contributed by atoms with Crippen LogP contribution in [-0.2, 0) is 21.1 Å². The molecular formula is C50H34N6Pt. The van der Waals surface area contributed by atoms with Crippen molar-refractivity contribution in [1.29, 1.82) is 0 Å². The topological polar surface area (TPSA) is 62.6 Å². The van der Waals surface area contributed by atoms with E-state index in [1.54, 1.807) is 0 Å². The average Bonchev–Trinajstić information content (AvgIpc) is 3.93. The molecule has 0 aliphatic heterocycles. The normalized spacial score (nSPS) is 11.7. The van der Waals surface area contributed by atoms with Gasteiger partial charge in [-0.3, -0.25) is 9.55 Å². The molecule has 0 radical (unpaired) electrons. The Labute approximate surface area is 343 Å². The minimum Gasteiger partial charge on any atom is -0.656 e. The predicted molar refractivity (Wildman–Crippen MR) is 229 cm³/mol. The van der Waals surface area contributed by atoms with E-state index in [0.29, 0.717) is 5.92 Å². The molecule has 0 aliphatic rings. The number of rotatable bonds is 6. The third-order valence-electron chi connectivity index (χ3n) is 11.0. The molecule has 7 heteroatoms. The van der Waals surface area contributed by atoms with Crippen molar-refractivity contribution in [2.24, 2.45) is 0 Å². The molecule has 0 saturated carbocycles. The minimum absolute atomic E-state index is 0. The number of para-hydroxylation sites is 4. The summed E-state index contributed by atoms with van der Waals surface area (Å²) >= 11 is 0. The van der Waals surface area contributed by atoms with E-state index >= 15 is 0 Å². The number of hydrogen-bond donors (Lipinski definition) is 0. The molecule has 11 aromatic rings. The summed E-state index contributed by atoms with van der Waals surface area (Å²) in [5, 5.41) is 4.57. The maximum atomic E-state index is 5.51. The van der Waals surface area contributed by atoms with Crippen LogP contribution in [-0.4, -0.2) is 24.1 Å². The SMILES string of the molecule is CC(C)c1cc2c3ccc(-c4cccc5c4nc(-c4cccc6c4[n-]c4ccccc46)n5-c4ccccc4)[c-]c3n(-c3ccccn3)c2cc1-c1ccncc1.[Pt+2]. The zero-order chi connectivity index (χ0) is 37.3. The first-order valence-electron chi connectivity index (χ1n) is 19.0. The van der Waals surface area contributed by atoms with E-state index in [2.05, 4.69) is 161 Å². The molecule has 0 spiro atoms. The van der Waals surface area contributed by atoms with Gasteiger partial charge in [0.15, 0.2) is 0 Å². The molecule has 0 atom stereocenters. The Morgan fingerprint density at radius 2 is 1.37 bits per heavy atom. The zero-order valence-corrected chi connectivity index (χ0v) is 33.4. The number of fused-ring (bicyclic) bond motifs is 7. The summed E-state index contributed by atoms with van der Waals surface area (Å²) in [5.74, 6) is 2.01. The second kappa shape index (κ2) is 13.8. The van der Waals surface area contributed by atoms with Crippen molar-refractivity contribution in [1.82, 2.24) is 29.1 Å². The smallest absolute Gasteiger partial charge is 0.656 e. The van der Waals surface area contributed by atoms with E-state index in [1.165, 1.54) is 16.5 Å². The number of hydrogen-bond acceptors (Lipinski definition) is 3. The predicted octanol–water partition coefficient (Wildman–Crippen LogP) is 12.1. The fourth-order valence-electron chi connectivity index (χ4n) is 8.46. The van der Waals surface area contributed by atoms with Gasteiger partial charge in [-0.2, -0.15) is 0 Å². The van der Waals surface area contributed by atoms with Crippen molar-refractivity contribution in [3.05, 3.63) is 176 Å². The summed E-state index contributed by atoms with van der Waals surface area (Å²) in [6.07, 6.45) is 5.58. The van der Waals surface area contributed by atoms with E-state index in [4.69, 9.17) is 15.0 Å². The molecular weight excluding hydrogens is 880 g/mol. The van der Waals surface area contributed by atoms with Crippen LogP contribution >= 0.6 is 0 Å². The third-order valence-corrected chi connectivity index (χ3v) is 11.0. The van der Waals surface area contributed by atoms with E-state index in [-0.39, 0.29) is 21.1 Å². The van der Waals surface area contributed by atoms with Crippen molar-refractivity contribution in [3.8, 4) is 45.1 Å². The Hall–Kier alpha value is -6.62. The minimum atomic E-state index is 0. The quantitative estimate of drug-likeness (QED) is 0.156. The van der Waals surface area contributed by atoms with Gasteiger partial charge in [-0.05, 0) is 92.8 Å². The van der Waals surface area contributed by atoms with Crippen molar-refractivity contribution >= 4 is 54.6 Å². The number of benzene rings is 6. The molecule has 0 amide bonds. The van der Waals surface area contributed by atoms with Crippen molar-refractivity contribution in [2.45, 2.75) is 19.8 Å². The van der Waals surface area contributed by atoms with Gasteiger partial charge >= 0.3 is 21.1 Å². The van der Waals surface area contributed by atoms with Gasteiger partial charge in [-0.1, -0.05) is 110 Å². The summed E-state index contributed by atoms with van der Waals surface area (Å²) in [6.45, 7) is 4.52. The maximum absolute atomic E-state index is 5.51. The number of nitrogens with zero attached hydrogens (tertiary/aromatic N) is 6. The number of pyridine rings is 2. The molecule has 274 valence electrons. The molecule has 57 heavy (non-hydrogen) atoms. The van der Waals surface area contributed by atoms with Crippen LogP contribution in [0.15, 0.2) is 164 Å². The fraction of sp³-hybridized carbons (Fsp3) is 0.0600. The van der Waals surface area contributed by atoms with Gasteiger partial charge < -0.3 is 9.55 Å². The Morgan fingerprint density at radius 1 is 0.596 bits per heavy atom. The van der Waals surface area contributed by atoms with Gasteiger partial charge in [-0.25, -0.2) is 9.97 Å². The molecule has 0 unspecified atom stereocenters. The molecule has 11 rings (SSSR count). The average molecular weight is 914 g/mol. The van der Waals surface area contributed by atoms with Crippen LogP contribution in [0.2, 0.25) is 0 Å². The van der Waals surface area contributed by atoms with Crippen LogP contribution in [0.3, 0.4) is 0 Å². The van der Waals surface area contributed by atoms with Gasteiger partial charge in [0.25, 0.3) is 0 Å². The van der Waals surface area contributed by atoms with Crippen LogP contribution in [0.25, 0.3) is 99.8 Å². The molecule has 6 aromatic carbocycles. The van der Waals surface area contributed by atoms with Crippen molar-refractivity contribution < 1.29 is 21.1 Å². The van der Waals surface area contributed by atoms with Gasteiger partial charge in [0.1, 0.15) is 11.6 Å². The summed E-state index contributed by atoms with van der Waals surface area (Å²) < 4.78 is 4.52. The van der Waals surface area contributed by atoms with E-state index in [9.17, 15) is 0 Å². The van der Waals surface area contributed by atoms with E-state index in [0.717, 1.165) is 88.8 Å². The summed E-state index contributed by atoms with van der Waals surface area (Å²) in [7, 11) is 0. The van der Waals surface area contributed by atoms with E-state index in [1.807, 2.05) is 36.8 Å². The second-order valence-corrected chi connectivity index (χ2v) is 14.6. The molecule has 5 aromatic heterocycles. The first kappa shape index (κ1) is 34.8. The summed E-state index contributed by atoms with van der Waals surface area (Å²) in [4.78, 5) is 19.8. The Morgan fingerprint density at radius 3 is 2.19 bits per heavy atom. The van der Waals surface area contributed by atoms with Crippen LogP contribution in [0.5, 0.6) is 0 Å². The van der Waals surface area contributed by atoms with E-state index < -0.39 is 0 Å². The summed E-state index contributed by atoms with van der Waals surface area (Å²) in [6, 6.07) is 55.0. The molecule has 0 bridgehead atoms. The molecule has 0 fully saturated rings. The van der Waals surface area contributed by atoms with Crippen LogP contribution in [0, 0.1) is 6.07 Å². The van der Waals surface area contributed by atoms with Gasteiger partial charge in [-0.15, -0.1) is 34.8 Å². The van der Waals surface area contributed by atoms with Crippen LogP contribution in [0.4, 0.5) is 0 Å². The summed E-state index contributed by atoms with van der Waals surface area (Å²) in [5.41, 5.74) is 13.5. The van der Waals surface area contributed by atoms with Crippen LogP contribution in [0.1, 0.15) is 25.3 Å². The maximum Gasteiger partial charge on any atom is 2.00 e. The largest absolute Gasteiger partial charge is 2.00 e. The first-order valence-corrected chi connectivity index (χ1v) is 19.0. The van der Waals surface area contributed by atoms with Gasteiger partial charge in [0, 0.05) is 35.4 Å². The van der Waals surface area contributed by atoms with Crippen LogP contribution < -0.4 is 4.98 Å². The Bertz CT molecular complexity index is 3270.